The van der Waals surface area contributed by atoms with Gasteiger partial charge in [0.1, 0.15) is 11.6 Å². The highest BCUT2D eigenvalue weighted by molar-refractivity contribution is 8.24. The molecule has 3 nitrogen and oxygen atoms in total. The van der Waals surface area contributed by atoms with Crippen LogP contribution in [-0.4, -0.2) is 15.5 Å². The zero-order valence-electron chi connectivity index (χ0n) is 12.7. The number of fused-ring (bicyclic) bond motifs is 2. The quantitative estimate of drug-likeness (QED) is 0.656. The fourth-order valence-electron chi connectivity index (χ4n) is 2.95. The van der Waals surface area contributed by atoms with Gasteiger partial charge in [0, 0.05) is 5.41 Å². The fourth-order valence-corrected chi connectivity index (χ4v) is 4.98. The summed E-state index contributed by atoms with van der Waals surface area (Å²) in [6.45, 7) is 3.43. The summed E-state index contributed by atoms with van der Waals surface area (Å²) < 4.78 is 76.0. The summed E-state index contributed by atoms with van der Waals surface area (Å²) in [5.41, 5.74) is -0.116. The zero-order valence-corrected chi connectivity index (χ0v) is 13.5. The third-order valence-corrected chi connectivity index (χ3v) is 6.01. The molecule has 1 aliphatic heterocycles. The molecule has 2 aromatic rings. The van der Waals surface area contributed by atoms with E-state index in [1.54, 1.807) is 13.8 Å². The molecule has 0 aliphatic carbocycles. The molecule has 0 radical (unpaired) electrons. The molecule has 0 unspecified atom stereocenters. The van der Waals surface area contributed by atoms with Gasteiger partial charge in [-0.1, -0.05) is 19.9 Å². The number of hydrogen-bond acceptors (Lipinski definition) is 3. The van der Waals surface area contributed by atoms with E-state index in [4.69, 9.17) is 0 Å². The normalized spacial score (nSPS) is 19.2. The van der Waals surface area contributed by atoms with Gasteiger partial charge in [-0.3, -0.25) is 9.11 Å². The molecule has 0 saturated heterocycles. The fraction of sp³-hybridized carbons (Fsp3) is 0.250. The molecule has 0 bridgehead atoms. The van der Waals surface area contributed by atoms with Crippen LogP contribution in [0.2, 0.25) is 0 Å². The lowest BCUT2D eigenvalue weighted by Crippen LogP contribution is -2.29. The van der Waals surface area contributed by atoms with Gasteiger partial charge < -0.3 is 4.74 Å². The van der Waals surface area contributed by atoms with Gasteiger partial charge in [0.15, 0.2) is 0 Å². The van der Waals surface area contributed by atoms with Gasteiger partial charge in [-0.05, 0) is 41.5 Å². The first kappa shape index (κ1) is 17.1. The number of hydrogen-bond donors (Lipinski definition) is 2. The lowest BCUT2D eigenvalue weighted by molar-refractivity contribution is -0.274. The van der Waals surface area contributed by atoms with Crippen molar-refractivity contribution in [3.8, 4) is 5.75 Å². The Morgan fingerprint density at radius 2 is 1.62 bits per heavy atom. The second kappa shape index (κ2) is 5.11. The molecule has 0 amide bonds. The summed E-state index contributed by atoms with van der Waals surface area (Å²) in [7, 11) is -3.53. The van der Waals surface area contributed by atoms with E-state index in [1.807, 2.05) is 0 Å². The molecule has 0 spiro atoms. The number of ether oxygens (including phenoxy) is 1. The third-order valence-electron chi connectivity index (χ3n) is 4.09. The second-order valence-electron chi connectivity index (χ2n) is 6.02. The van der Waals surface area contributed by atoms with Crippen LogP contribution in [0.3, 0.4) is 0 Å². The van der Waals surface area contributed by atoms with Crippen molar-refractivity contribution in [2.45, 2.75) is 35.4 Å². The summed E-state index contributed by atoms with van der Waals surface area (Å²) >= 11 is 0. The third kappa shape index (κ3) is 2.64. The molecule has 24 heavy (non-hydrogen) atoms. The minimum absolute atomic E-state index is 0.0458. The van der Waals surface area contributed by atoms with Crippen molar-refractivity contribution < 1.29 is 31.4 Å². The summed E-state index contributed by atoms with van der Waals surface area (Å²) in [5.74, 6) is -1.07. The van der Waals surface area contributed by atoms with Crippen molar-refractivity contribution in [1.82, 2.24) is 0 Å². The molecule has 3 rings (SSSR count). The highest BCUT2D eigenvalue weighted by Gasteiger charge is 2.42. The molecule has 0 aromatic heterocycles. The molecule has 1 aliphatic rings. The predicted octanol–water partition coefficient (Wildman–Crippen LogP) is 5.53. The lowest BCUT2D eigenvalue weighted by Gasteiger charge is -2.46. The van der Waals surface area contributed by atoms with E-state index in [9.17, 15) is 26.7 Å². The van der Waals surface area contributed by atoms with E-state index in [1.165, 1.54) is 18.2 Å². The lowest BCUT2D eigenvalue weighted by atomic mass is 9.77. The van der Waals surface area contributed by atoms with Crippen molar-refractivity contribution in [2.24, 2.45) is 0 Å². The minimum Gasteiger partial charge on any atom is -0.406 e. The molecule has 0 saturated carbocycles. The Morgan fingerprint density at radius 1 is 0.958 bits per heavy atom. The van der Waals surface area contributed by atoms with Crippen LogP contribution in [0, 0.1) is 5.82 Å². The monoisotopic (exact) mass is 362 g/mol. The molecule has 8 heteroatoms. The Kier molecular flexibility index (Phi) is 3.63. The maximum atomic E-state index is 13.6. The zero-order chi connectivity index (χ0) is 17.9. The Balaban J connectivity index is 2.23. The van der Waals surface area contributed by atoms with E-state index in [0.717, 1.165) is 18.2 Å². The molecule has 2 N–H and O–H groups in total. The molecular weight excluding hydrogens is 348 g/mol. The molecule has 2 aromatic carbocycles. The van der Waals surface area contributed by atoms with Crippen LogP contribution in [0.25, 0.3) is 0 Å². The van der Waals surface area contributed by atoms with Crippen molar-refractivity contribution in [3.05, 3.63) is 53.3 Å². The minimum atomic E-state index is -4.85. The van der Waals surface area contributed by atoms with Gasteiger partial charge in [-0.15, -0.1) is 23.8 Å². The first-order valence-electron chi connectivity index (χ1n) is 6.91. The topological polar surface area (TPSA) is 49.7 Å². The maximum absolute atomic E-state index is 13.6. The van der Waals surface area contributed by atoms with Gasteiger partial charge in [-0.2, -0.15) is 0 Å². The number of rotatable bonds is 1. The molecule has 0 atom stereocenters. The summed E-state index contributed by atoms with van der Waals surface area (Å²) in [5, 5.41) is 0. The van der Waals surface area contributed by atoms with Crippen molar-refractivity contribution in [1.29, 1.82) is 0 Å². The number of halogens is 4. The van der Waals surface area contributed by atoms with Crippen LogP contribution in [0.15, 0.2) is 46.2 Å². The summed E-state index contributed by atoms with van der Waals surface area (Å²) in [4.78, 5) is 0.115. The Labute approximate surface area is 137 Å². The number of alkyl halides is 3. The SMILES string of the molecule is CC1(C)c2cc(OC(F)(F)F)ccc2S(O)(O)c2cc(F)ccc21. The van der Waals surface area contributed by atoms with Gasteiger partial charge in [0.05, 0.1) is 9.79 Å². The van der Waals surface area contributed by atoms with Crippen LogP contribution in [0.5, 0.6) is 5.75 Å². The van der Waals surface area contributed by atoms with Crippen LogP contribution in [0.4, 0.5) is 17.6 Å². The maximum Gasteiger partial charge on any atom is 0.573 e. The van der Waals surface area contributed by atoms with E-state index in [-0.39, 0.29) is 9.79 Å². The Hall–Kier alpha value is -1.77. The van der Waals surface area contributed by atoms with Crippen molar-refractivity contribution in [3.63, 3.8) is 0 Å². The second-order valence-corrected chi connectivity index (χ2v) is 8.00. The van der Waals surface area contributed by atoms with Crippen LogP contribution >= 0.6 is 10.6 Å². The average molecular weight is 362 g/mol. The van der Waals surface area contributed by atoms with Crippen molar-refractivity contribution in [2.75, 3.05) is 0 Å². The highest BCUT2D eigenvalue weighted by Crippen LogP contribution is 2.65. The van der Waals surface area contributed by atoms with Gasteiger partial charge >= 0.3 is 6.36 Å². The summed E-state index contributed by atoms with van der Waals surface area (Å²) in [6, 6.07) is 6.98. The first-order valence-corrected chi connectivity index (χ1v) is 8.46. The first-order chi connectivity index (χ1) is 10.9. The molecule has 130 valence electrons. The van der Waals surface area contributed by atoms with E-state index < -0.39 is 33.9 Å². The Morgan fingerprint density at radius 3 is 2.25 bits per heavy atom. The van der Waals surface area contributed by atoms with Gasteiger partial charge in [0.2, 0.25) is 0 Å². The molecule has 1 heterocycles. The highest BCUT2D eigenvalue weighted by atomic mass is 32.3. The van der Waals surface area contributed by atoms with Crippen LogP contribution in [-0.2, 0) is 5.41 Å². The standard InChI is InChI=1S/C16H14F4O3S/c1-15(2)11-5-3-9(17)7-14(11)24(21,22)13-6-4-10(8-12(13)15)23-16(18,19)20/h3-8,21-22H,1-2H3. The summed E-state index contributed by atoms with van der Waals surface area (Å²) in [6.07, 6.45) is -4.85. The average Bonchev–Trinajstić information content (AvgIpc) is 2.43. The van der Waals surface area contributed by atoms with Gasteiger partial charge in [0.25, 0.3) is 0 Å². The van der Waals surface area contributed by atoms with Crippen LogP contribution in [0.1, 0.15) is 25.0 Å². The van der Waals surface area contributed by atoms with E-state index in [0.29, 0.717) is 11.1 Å². The van der Waals surface area contributed by atoms with E-state index >= 15 is 0 Å². The van der Waals surface area contributed by atoms with Gasteiger partial charge in [-0.25, -0.2) is 4.39 Å². The smallest absolute Gasteiger partial charge is 0.406 e. The van der Waals surface area contributed by atoms with Crippen molar-refractivity contribution >= 4 is 10.6 Å². The predicted molar refractivity (Wildman–Crippen MR) is 81.0 cm³/mol. The Bertz CT molecular complexity index is 815. The molecule has 0 fully saturated rings. The molecular formula is C16H14F4O3S. The largest absolute Gasteiger partial charge is 0.573 e. The van der Waals surface area contributed by atoms with E-state index in [2.05, 4.69) is 4.74 Å². The number of benzene rings is 2. The van der Waals surface area contributed by atoms with Crippen LogP contribution < -0.4 is 4.74 Å².